The fraction of sp³-hybridized carbons (Fsp3) is 0.545. The minimum absolute atomic E-state index is 0.121. The van der Waals surface area contributed by atoms with E-state index in [-0.39, 0.29) is 16.8 Å². The maximum atomic E-state index is 11.0. The molecule has 98 valence electrons. The number of carboxylic acid groups (broad SMARTS) is 1. The Morgan fingerprint density at radius 2 is 2.39 bits per heavy atom. The van der Waals surface area contributed by atoms with Gasteiger partial charge in [-0.2, -0.15) is 0 Å². The number of hydrogen-bond donors (Lipinski definition) is 1. The Hall–Kier alpha value is -1.47. The van der Waals surface area contributed by atoms with Gasteiger partial charge in [-0.3, -0.25) is 19.8 Å². The second-order valence-corrected chi connectivity index (χ2v) is 5.56. The lowest BCUT2D eigenvalue weighted by molar-refractivity contribution is -0.380. The first-order valence-electron chi connectivity index (χ1n) is 5.64. The minimum Gasteiger partial charge on any atom is -0.481 e. The van der Waals surface area contributed by atoms with Gasteiger partial charge in [-0.15, -0.1) is 0 Å². The molecule has 2 heterocycles. The molecule has 0 spiro atoms. The average molecular weight is 270 g/mol. The van der Waals surface area contributed by atoms with E-state index in [1.165, 1.54) is 0 Å². The molecule has 1 aliphatic rings. The van der Waals surface area contributed by atoms with E-state index in [1.54, 1.807) is 11.4 Å². The van der Waals surface area contributed by atoms with Crippen LogP contribution in [0.15, 0.2) is 11.4 Å². The Kier molecular flexibility index (Phi) is 3.63. The van der Waals surface area contributed by atoms with E-state index >= 15 is 0 Å². The van der Waals surface area contributed by atoms with Crippen LogP contribution in [0.2, 0.25) is 0 Å². The Bertz CT molecular complexity index is 473. The van der Waals surface area contributed by atoms with Crippen LogP contribution >= 0.6 is 11.3 Å². The first-order valence-corrected chi connectivity index (χ1v) is 6.52. The van der Waals surface area contributed by atoms with Gasteiger partial charge in [0.25, 0.3) is 0 Å². The third-order valence-corrected chi connectivity index (χ3v) is 4.16. The number of rotatable bonds is 4. The second-order valence-electron chi connectivity index (χ2n) is 4.67. The Morgan fingerprint density at radius 1 is 1.67 bits per heavy atom. The van der Waals surface area contributed by atoms with Gasteiger partial charge in [0.05, 0.1) is 10.8 Å². The second kappa shape index (κ2) is 5.03. The monoisotopic (exact) mass is 270 g/mol. The molecule has 6 nitrogen and oxygen atoms in total. The summed E-state index contributed by atoms with van der Waals surface area (Å²) in [4.78, 5) is 23.2. The van der Waals surface area contributed by atoms with E-state index in [1.807, 2.05) is 11.8 Å². The van der Waals surface area contributed by atoms with Crippen molar-refractivity contribution in [1.29, 1.82) is 0 Å². The van der Waals surface area contributed by atoms with Crippen LogP contribution in [0, 0.1) is 22.0 Å². The lowest BCUT2D eigenvalue weighted by Crippen LogP contribution is -2.22. The molecule has 1 saturated heterocycles. The summed E-state index contributed by atoms with van der Waals surface area (Å²) in [6.45, 7) is 3.74. The number of aliphatic carboxylic acids is 1. The normalized spacial score (nSPS) is 24.3. The zero-order valence-corrected chi connectivity index (χ0v) is 10.7. The van der Waals surface area contributed by atoms with Crippen LogP contribution < -0.4 is 0 Å². The van der Waals surface area contributed by atoms with Gasteiger partial charge in [0, 0.05) is 31.1 Å². The van der Waals surface area contributed by atoms with Gasteiger partial charge >= 0.3 is 11.0 Å². The summed E-state index contributed by atoms with van der Waals surface area (Å²) >= 11 is 1.11. The van der Waals surface area contributed by atoms with Gasteiger partial charge < -0.3 is 5.11 Å². The third kappa shape index (κ3) is 2.68. The summed E-state index contributed by atoms with van der Waals surface area (Å²) < 4.78 is 0. The highest BCUT2D eigenvalue weighted by molar-refractivity contribution is 7.13. The van der Waals surface area contributed by atoms with Crippen molar-refractivity contribution >= 4 is 22.3 Å². The van der Waals surface area contributed by atoms with Crippen LogP contribution in [0.25, 0.3) is 0 Å². The van der Waals surface area contributed by atoms with Crippen molar-refractivity contribution in [3.63, 3.8) is 0 Å². The van der Waals surface area contributed by atoms with Crippen molar-refractivity contribution in [2.45, 2.75) is 13.5 Å². The SMILES string of the molecule is C[C@@H]1CN(Cc2csc([N+](=O)[O-])c2)C[C@H]1C(=O)O. The topological polar surface area (TPSA) is 83.7 Å². The lowest BCUT2D eigenvalue weighted by Gasteiger charge is -2.13. The first-order chi connectivity index (χ1) is 8.47. The number of nitro groups is 1. The molecule has 7 heteroatoms. The molecular formula is C11H14N2O4S. The number of thiophene rings is 1. The molecule has 2 atom stereocenters. The number of nitrogens with zero attached hydrogens (tertiary/aromatic N) is 2. The quantitative estimate of drug-likeness (QED) is 0.666. The van der Waals surface area contributed by atoms with Crippen LogP contribution in [-0.4, -0.2) is 34.0 Å². The largest absolute Gasteiger partial charge is 0.481 e. The molecule has 1 aromatic heterocycles. The van der Waals surface area contributed by atoms with Crippen molar-refractivity contribution in [3.8, 4) is 0 Å². The molecule has 1 N–H and O–H groups in total. The molecule has 0 unspecified atom stereocenters. The van der Waals surface area contributed by atoms with Gasteiger partial charge in [0.15, 0.2) is 0 Å². The highest BCUT2D eigenvalue weighted by Gasteiger charge is 2.34. The minimum atomic E-state index is -0.763. The Labute approximate surface area is 108 Å². The number of hydrogen-bond acceptors (Lipinski definition) is 5. The van der Waals surface area contributed by atoms with Crippen LogP contribution in [0.1, 0.15) is 12.5 Å². The van der Waals surface area contributed by atoms with Crippen LogP contribution in [0.5, 0.6) is 0 Å². The average Bonchev–Trinajstić information content (AvgIpc) is 2.86. The van der Waals surface area contributed by atoms with E-state index in [2.05, 4.69) is 0 Å². The molecule has 1 aromatic rings. The highest BCUT2D eigenvalue weighted by atomic mass is 32.1. The summed E-state index contributed by atoms with van der Waals surface area (Å²) in [7, 11) is 0. The van der Waals surface area contributed by atoms with E-state index in [9.17, 15) is 14.9 Å². The van der Waals surface area contributed by atoms with E-state index in [4.69, 9.17) is 5.11 Å². The molecule has 1 aliphatic heterocycles. The molecule has 0 bridgehead atoms. The van der Waals surface area contributed by atoms with E-state index in [0.29, 0.717) is 13.1 Å². The Morgan fingerprint density at radius 3 is 2.89 bits per heavy atom. The fourth-order valence-electron chi connectivity index (χ4n) is 2.32. The predicted molar refractivity (Wildman–Crippen MR) is 66.5 cm³/mol. The summed E-state index contributed by atoms with van der Waals surface area (Å²) in [6, 6.07) is 1.56. The standard InChI is InChI=1S/C11H14N2O4S/c1-7-3-12(5-9(7)11(14)15)4-8-2-10(13(16)17)18-6-8/h2,6-7,9H,3-5H2,1H3,(H,14,15)/t7-,9-/m1/s1. The molecule has 0 aromatic carbocycles. The third-order valence-electron chi connectivity index (χ3n) is 3.23. The predicted octanol–water partition coefficient (Wildman–Crippen LogP) is 1.81. The molecule has 0 saturated carbocycles. The summed E-state index contributed by atoms with van der Waals surface area (Å²) in [6.07, 6.45) is 0. The number of carbonyl (C=O) groups is 1. The zero-order chi connectivity index (χ0) is 13.3. The van der Waals surface area contributed by atoms with Crippen molar-refractivity contribution in [1.82, 2.24) is 4.90 Å². The molecule has 0 radical (unpaired) electrons. The summed E-state index contributed by atoms with van der Waals surface area (Å²) in [5, 5.41) is 21.5. The van der Waals surface area contributed by atoms with Gasteiger partial charge in [-0.05, 0) is 11.5 Å². The van der Waals surface area contributed by atoms with Crippen molar-refractivity contribution in [3.05, 3.63) is 27.1 Å². The van der Waals surface area contributed by atoms with Crippen LogP contribution in [0.3, 0.4) is 0 Å². The van der Waals surface area contributed by atoms with Crippen molar-refractivity contribution < 1.29 is 14.8 Å². The zero-order valence-electron chi connectivity index (χ0n) is 9.91. The molecule has 18 heavy (non-hydrogen) atoms. The van der Waals surface area contributed by atoms with Gasteiger partial charge in [0.1, 0.15) is 0 Å². The molecule has 0 aliphatic carbocycles. The molecule has 2 rings (SSSR count). The number of carboxylic acids is 1. The Balaban J connectivity index is 1.98. The van der Waals surface area contributed by atoms with Crippen molar-refractivity contribution in [2.24, 2.45) is 11.8 Å². The maximum Gasteiger partial charge on any atom is 0.324 e. The van der Waals surface area contributed by atoms with Crippen molar-refractivity contribution in [2.75, 3.05) is 13.1 Å². The fourth-order valence-corrected chi connectivity index (χ4v) is 3.04. The summed E-state index contributed by atoms with van der Waals surface area (Å²) in [5.74, 6) is -0.976. The van der Waals surface area contributed by atoms with Gasteiger partial charge in [0.2, 0.25) is 0 Å². The summed E-state index contributed by atoms with van der Waals surface area (Å²) in [5.41, 5.74) is 0.880. The van der Waals surface area contributed by atoms with E-state index in [0.717, 1.165) is 23.4 Å². The lowest BCUT2D eigenvalue weighted by atomic mass is 9.99. The highest BCUT2D eigenvalue weighted by Crippen LogP contribution is 2.28. The maximum absolute atomic E-state index is 11.0. The van der Waals surface area contributed by atoms with Crippen LogP contribution in [-0.2, 0) is 11.3 Å². The number of likely N-dealkylation sites (tertiary alicyclic amines) is 1. The first kappa shape index (κ1) is 13.0. The molecule has 0 amide bonds. The van der Waals surface area contributed by atoms with Gasteiger partial charge in [-0.25, -0.2) is 0 Å². The molecular weight excluding hydrogens is 256 g/mol. The van der Waals surface area contributed by atoms with E-state index < -0.39 is 10.9 Å². The van der Waals surface area contributed by atoms with Crippen LogP contribution in [0.4, 0.5) is 5.00 Å². The smallest absolute Gasteiger partial charge is 0.324 e. The van der Waals surface area contributed by atoms with Gasteiger partial charge in [-0.1, -0.05) is 18.3 Å². The molecule has 1 fully saturated rings.